The first-order chi connectivity index (χ1) is 8.33. The first-order valence-electron chi connectivity index (χ1n) is 5.34. The van der Waals surface area contributed by atoms with Crippen LogP contribution in [-0.4, -0.2) is 4.57 Å². The van der Waals surface area contributed by atoms with Crippen molar-refractivity contribution < 1.29 is 0 Å². The molecule has 0 unspecified atom stereocenters. The van der Waals surface area contributed by atoms with Gasteiger partial charge in [-0.15, -0.1) is 0 Å². The third-order valence-corrected chi connectivity index (χ3v) is 2.66. The SMILES string of the molecule is O=c1ccn(-c2ccc3c(c2)NC=CN3)cc1. The van der Waals surface area contributed by atoms with Gasteiger partial charge in [-0.2, -0.15) is 0 Å². The van der Waals surface area contributed by atoms with Gasteiger partial charge < -0.3 is 15.2 Å². The van der Waals surface area contributed by atoms with Crippen LogP contribution in [0, 0.1) is 0 Å². The highest BCUT2D eigenvalue weighted by Gasteiger charge is 2.05. The van der Waals surface area contributed by atoms with Gasteiger partial charge in [0, 0.05) is 42.6 Å². The second-order valence-corrected chi connectivity index (χ2v) is 3.79. The van der Waals surface area contributed by atoms with E-state index in [9.17, 15) is 4.79 Å². The van der Waals surface area contributed by atoms with Gasteiger partial charge in [0.15, 0.2) is 5.43 Å². The van der Waals surface area contributed by atoms with Gasteiger partial charge >= 0.3 is 0 Å². The van der Waals surface area contributed by atoms with Crippen molar-refractivity contribution >= 4 is 11.4 Å². The van der Waals surface area contributed by atoms with E-state index in [1.165, 1.54) is 0 Å². The predicted molar refractivity (Wildman–Crippen MR) is 68.4 cm³/mol. The minimum atomic E-state index is 0.0157. The zero-order valence-corrected chi connectivity index (χ0v) is 9.05. The lowest BCUT2D eigenvalue weighted by atomic mass is 10.2. The number of hydrogen-bond donors (Lipinski definition) is 2. The molecule has 2 N–H and O–H groups in total. The zero-order chi connectivity index (χ0) is 11.7. The third-order valence-electron chi connectivity index (χ3n) is 2.66. The summed E-state index contributed by atoms with van der Waals surface area (Å²) in [4.78, 5) is 11.0. The van der Waals surface area contributed by atoms with Crippen LogP contribution >= 0.6 is 0 Å². The molecule has 0 fully saturated rings. The topological polar surface area (TPSA) is 46.1 Å². The number of anilines is 2. The number of fused-ring (bicyclic) bond motifs is 1. The number of rotatable bonds is 1. The van der Waals surface area contributed by atoms with Crippen LogP contribution in [-0.2, 0) is 0 Å². The molecule has 0 spiro atoms. The molecule has 3 rings (SSSR count). The number of hydrogen-bond acceptors (Lipinski definition) is 3. The van der Waals surface area contributed by atoms with E-state index in [2.05, 4.69) is 10.6 Å². The Labute approximate surface area is 98.2 Å². The molecule has 1 aromatic heterocycles. The van der Waals surface area contributed by atoms with Crippen molar-refractivity contribution in [3.05, 3.63) is 65.3 Å². The normalized spacial score (nSPS) is 12.5. The van der Waals surface area contributed by atoms with Crippen molar-refractivity contribution in [1.82, 2.24) is 4.57 Å². The summed E-state index contributed by atoms with van der Waals surface area (Å²) in [6, 6.07) is 9.11. The molecule has 0 saturated heterocycles. The molecule has 2 heterocycles. The van der Waals surface area contributed by atoms with Gasteiger partial charge in [0.25, 0.3) is 0 Å². The summed E-state index contributed by atoms with van der Waals surface area (Å²) in [5.74, 6) is 0. The molecule has 0 amide bonds. The van der Waals surface area contributed by atoms with Crippen molar-refractivity contribution in [2.45, 2.75) is 0 Å². The number of aromatic nitrogens is 1. The molecule has 0 aliphatic carbocycles. The van der Waals surface area contributed by atoms with Crippen LogP contribution in [0.2, 0.25) is 0 Å². The summed E-state index contributed by atoms with van der Waals surface area (Å²) < 4.78 is 1.90. The first kappa shape index (κ1) is 9.72. The molecule has 0 bridgehead atoms. The molecule has 4 nitrogen and oxygen atoms in total. The lowest BCUT2D eigenvalue weighted by Gasteiger charge is -2.16. The van der Waals surface area contributed by atoms with Crippen molar-refractivity contribution in [2.75, 3.05) is 10.6 Å². The predicted octanol–water partition coefficient (Wildman–Crippen LogP) is 2.15. The van der Waals surface area contributed by atoms with Crippen molar-refractivity contribution in [1.29, 1.82) is 0 Å². The molecule has 0 radical (unpaired) electrons. The van der Waals surface area contributed by atoms with Gasteiger partial charge in [0.1, 0.15) is 0 Å². The summed E-state index contributed by atoms with van der Waals surface area (Å²) in [6.45, 7) is 0. The summed E-state index contributed by atoms with van der Waals surface area (Å²) in [7, 11) is 0. The van der Waals surface area contributed by atoms with Crippen molar-refractivity contribution in [3.63, 3.8) is 0 Å². The van der Waals surface area contributed by atoms with E-state index >= 15 is 0 Å². The van der Waals surface area contributed by atoms with Crippen LogP contribution in [0.5, 0.6) is 0 Å². The number of nitrogens with one attached hydrogen (secondary N) is 2. The van der Waals surface area contributed by atoms with E-state index < -0.39 is 0 Å². The lowest BCUT2D eigenvalue weighted by Crippen LogP contribution is -2.05. The molecule has 0 saturated carbocycles. The van der Waals surface area contributed by atoms with Gasteiger partial charge in [-0.3, -0.25) is 4.79 Å². The van der Waals surface area contributed by atoms with Crippen LogP contribution in [0.4, 0.5) is 11.4 Å². The molecular weight excluding hydrogens is 214 g/mol. The zero-order valence-electron chi connectivity index (χ0n) is 9.05. The number of nitrogens with zero attached hydrogens (tertiary/aromatic N) is 1. The number of pyridine rings is 1. The van der Waals surface area contributed by atoms with E-state index in [1.54, 1.807) is 24.5 Å². The van der Waals surface area contributed by atoms with Gasteiger partial charge in [-0.1, -0.05) is 0 Å². The van der Waals surface area contributed by atoms with E-state index in [0.29, 0.717) is 0 Å². The second-order valence-electron chi connectivity index (χ2n) is 3.79. The largest absolute Gasteiger partial charge is 0.359 e. The van der Waals surface area contributed by atoms with Crippen LogP contribution in [0.3, 0.4) is 0 Å². The second kappa shape index (κ2) is 3.83. The average Bonchev–Trinajstić information content (AvgIpc) is 2.39. The molecule has 0 atom stereocenters. The third kappa shape index (κ3) is 1.80. The Morgan fingerprint density at radius 2 is 1.59 bits per heavy atom. The molecular formula is C13H11N3O. The fourth-order valence-corrected chi connectivity index (χ4v) is 1.79. The first-order valence-corrected chi connectivity index (χ1v) is 5.34. The fourth-order valence-electron chi connectivity index (χ4n) is 1.79. The Kier molecular flexibility index (Phi) is 2.19. The Morgan fingerprint density at radius 3 is 2.35 bits per heavy atom. The molecule has 1 aliphatic rings. The average molecular weight is 225 g/mol. The Hall–Kier alpha value is -2.49. The van der Waals surface area contributed by atoms with Crippen LogP contribution in [0.15, 0.2) is 59.9 Å². The summed E-state index contributed by atoms with van der Waals surface area (Å²) in [6.07, 6.45) is 7.21. The van der Waals surface area contributed by atoms with Gasteiger partial charge in [0.2, 0.25) is 0 Å². The smallest absolute Gasteiger partial charge is 0.181 e. The minimum Gasteiger partial charge on any atom is -0.359 e. The Balaban J connectivity index is 2.05. The van der Waals surface area contributed by atoms with Crippen molar-refractivity contribution in [2.24, 2.45) is 0 Å². The van der Waals surface area contributed by atoms with E-state index in [0.717, 1.165) is 17.1 Å². The maximum absolute atomic E-state index is 11.0. The Morgan fingerprint density at radius 1 is 0.882 bits per heavy atom. The Bertz CT molecular complexity index is 623. The summed E-state index contributed by atoms with van der Waals surface area (Å²) in [5, 5.41) is 6.31. The van der Waals surface area contributed by atoms with Crippen LogP contribution < -0.4 is 16.1 Å². The quantitative estimate of drug-likeness (QED) is 0.781. The highest BCUT2D eigenvalue weighted by atomic mass is 16.1. The molecule has 4 heteroatoms. The van der Waals surface area contributed by atoms with Crippen LogP contribution in [0.1, 0.15) is 0 Å². The van der Waals surface area contributed by atoms with E-state index in [1.807, 2.05) is 35.2 Å². The maximum atomic E-state index is 11.0. The van der Waals surface area contributed by atoms with Crippen LogP contribution in [0.25, 0.3) is 5.69 Å². The standard InChI is InChI=1S/C13H11N3O/c17-11-3-7-16(8-4-11)10-1-2-12-13(9-10)15-6-5-14-12/h1-9,14-15H. The molecule has 2 aromatic rings. The molecule has 84 valence electrons. The van der Waals surface area contributed by atoms with Gasteiger partial charge in [-0.05, 0) is 18.2 Å². The highest BCUT2D eigenvalue weighted by molar-refractivity contribution is 5.75. The molecule has 1 aliphatic heterocycles. The van der Waals surface area contributed by atoms with E-state index in [4.69, 9.17) is 0 Å². The molecule has 17 heavy (non-hydrogen) atoms. The minimum absolute atomic E-state index is 0.0157. The van der Waals surface area contributed by atoms with Crippen molar-refractivity contribution in [3.8, 4) is 5.69 Å². The summed E-state index contributed by atoms with van der Waals surface area (Å²) >= 11 is 0. The maximum Gasteiger partial charge on any atom is 0.181 e. The van der Waals surface area contributed by atoms with E-state index in [-0.39, 0.29) is 5.43 Å². The monoisotopic (exact) mass is 225 g/mol. The highest BCUT2D eigenvalue weighted by Crippen LogP contribution is 2.26. The summed E-state index contributed by atoms with van der Waals surface area (Å²) in [5.41, 5.74) is 3.08. The van der Waals surface area contributed by atoms with Gasteiger partial charge in [-0.25, -0.2) is 0 Å². The fraction of sp³-hybridized carbons (Fsp3) is 0. The lowest BCUT2D eigenvalue weighted by molar-refractivity contribution is 1.04. The molecule has 1 aromatic carbocycles. The van der Waals surface area contributed by atoms with Gasteiger partial charge in [0.05, 0.1) is 11.4 Å². The number of benzene rings is 1.